The lowest BCUT2D eigenvalue weighted by atomic mass is 9.95. The van der Waals surface area contributed by atoms with Gasteiger partial charge in [0.25, 0.3) is 0 Å². The van der Waals surface area contributed by atoms with Crippen molar-refractivity contribution in [3.05, 3.63) is 68.9 Å². The Kier molecular flexibility index (Phi) is 4.38. The highest BCUT2D eigenvalue weighted by molar-refractivity contribution is 9.10. The maximum absolute atomic E-state index is 13.9. The molecule has 1 N–H and O–H groups in total. The predicted molar refractivity (Wildman–Crippen MR) is 80.9 cm³/mol. The van der Waals surface area contributed by atoms with Crippen LogP contribution in [0.3, 0.4) is 0 Å². The molecule has 0 heterocycles. The first kappa shape index (κ1) is 14.2. The van der Waals surface area contributed by atoms with Crippen molar-refractivity contribution < 1.29 is 4.39 Å². The molecule has 19 heavy (non-hydrogen) atoms. The molecule has 3 heteroatoms. The van der Waals surface area contributed by atoms with Gasteiger partial charge in [0.05, 0.1) is 6.04 Å². The van der Waals surface area contributed by atoms with Crippen LogP contribution in [-0.2, 0) is 0 Å². The topological polar surface area (TPSA) is 12.0 Å². The maximum atomic E-state index is 13.9. The third-order valence-electron chi connectivity index (χ3n) is 3.30. The Morgan fingerprint density at radius 3 is 2.21 bits per heavy atom. The van der Waals surface area contributed by atoms with Crippen molar-refractivity contribution in [1.29, 1.82) is 0 Å². The summed E-state index contributed by atoms with van der Waals surface area (Å²) in [5.74, 6) is -0.180. The molecule has 0 bridgehead atoms. The normalized spacial score (nSPS) is 12.5. The van der Waals surface area contributed by atoms with Gasteiger partial charge in [-0.15, -0.1) is 0 Å². The summed E-state index contributed by atoms with van der Waals surface area (Å²) in [6, 6.07) is 10.9. The molecule has 1 unspecified atom stereocenters. The molecule has 2 aromatic carbocycles. The van der Waals surface area contributed by atoms with Crippen LogP contribution >= 0.6 is 15.9 Å². The van der Waals surface area contributed by atoms with Gasteiger partial charge in [-0.05, 0) is 43.7 Å². The zero-order valence-corrected chi connectivity index (χ0v) is 12.9. The summed E-state index contributed by atoms with van der Waals surface area (Å²) in [6.07, 6.45) is 0. The third kappa shape index (κ3) is 2.88. The van der Waals surface area contributed by atoms with Gasteiger partial charge in [-0.3, -0.25) is 0 Å². The second kappa shape index (κ2) is 5.85. The Hall–Kier alpha value is -1.19. The fraction of sp³-hybridized carbons (Fsp3) is 0.250. The summed E-state index contributed by atoms with van der Waals surface area (Å²) >= 11 is 3.56. The molecule has 0 aliphatic heterocycles. The molecule has 1 atom stereocenters. The fourth-order valence-corrected chi connectivity index (χ4v) is 2.59. The number of halogens is 2. The van der Waals surface area contributed by atoms with Gasteiger partial charge in [-0.25, -0.2) is 4.39 Å². The smallest absolute Gasteiger partial charge is 0.128 e. The van der Waals surface area contributed by atoms with Crippen LogP contribution in [0.15, 0.2) is 40.9 Å². The highest BCUT2D eigenvalue weighted by atomic mass is 79.9. The van der Waals surface area contributed by atoms with Crippen LogP contribution in [0.1, 0.15) is 28.3 Å². The SMILES string of the molecule is CNC(c1cc(C)c(Br)c(C)c1)c1ccccc1F. The minimum Gasteiger partial charge on any atom is -0.309 e. The molecule has 0 spiro atoms. The zero-order valence-electron chi connectivity index (χ0n) is 11.3. The third-order valence-corrected chi connectivity index (χ3v) is 4.55. The lowest BCUT2D eigenvalue weighted by Gasteiger charge is -2.19. The van der Waals surface area contributed by atoms with Gasteiger partial charge >= 0.3 is 0 Å². The Morgan fingerprint density at radius 2 is 1.68 bits per heavy atom. The summed E-state index contributed by atoms with van der Waals surface area (Å²) in [5, 5.41) is 3.19. The number of rotatable bonds is 3. The van der Waals surface area contributed by atoms with Crippen molar-refractivity contribution in [1.82, 2.24) is 5.32 Å². The highest BCUT2D eigenvalue weighted by Gasteiger charge is 2.17. The average Bonchev–Trinajstić information content (AvgIpc) is 2.39. The number of hydrogen-bond acceptors (Lipinski definition) is 1. The van der Waals surface area contributed by atoms with E-state index in [0.717, 1.165) is 21.2 Å². The summed E-state index contributed by atoms with van der Waals surface area (Å²) in [6.45, 7) is 4.10. The second-order valence-electron chi connectivity index (χ2n) is 4.71. The summed E-state index contributed by atoms with van der Waals surface area (Å²) < 4.78 is 15.1. The quantitative estimate of drug-likeness (QED) is 0.876. The minimum absolute atomic E-state index is 0.133. The molecule has 2 rings (SSSR count). The number of benzene rings is 2. The van der Waals surface area contributed by atoms with Gasteiger partial charge in [0.1, 0.15) is 5.82 Å². The highest BCUT2D eigenvalue weighted by Crippen LogP contribution is 2.29. The van der Waals surface area contributed by atoms with E-state index in [9.17, 15) is 4.39 Å². The van der Waals surface area contributed by atoms with Crippen LogP contribution in [0.5, 0.6) is 0 Å². The molecule has 1 nitrogen and oxygen atoms in total. The van der Waals surface area contributed by atoms with E-state index in [-0.39, 0.29) is 11.9 Å². The van der Waals surface area contributed by atoms with Crippen LogP contribution in [0, 0.1) is 19.7 Å². The molecule has 0 aliphatic carbocycles. The number of aryl methyl sites for hydroxylation is 2. The standard InChI is InChI=1S/C16H17BrFN/c1-10-8-12(9-11(2)15(10)17)16(19-3)13-6-4-5-7-14(13)18/h4-9,16,19H,1-3H3. The first-order chi connectivity index (χ1) is 9.04. The molecule has 0 aromatic heterocycles. The van der Waals surface area contributed by atoms with Gasteiger partial charge in [0.2, 0.25) is 0 Å². The van der Waals surface area contributed by atoms with E-state index in [0.29, 0.717) is 5.56 Å². The fourth-order valence-electron chi connectivity index (χ4n) is 2.36. The first-order valence-electron chi connectivity index (χ1n) is 6.23. The van der Waals surface area contributed by atoms with E-state index in [4.69, 9.17) is 0 Å². The van der Waals surface area contributed by atoms with Crippen LogP contribution in [0.2, 0.25) is 0 Å². The van der Waals surface area contributed by atoms with Gasteiger partial charge in [-0.1, -0.05) is 46.3 Å². The van der Waals surface area contributed by atoms with Crippen LogP contribution in [-0.4, -0.2) is 7.05 Å². The van der Waals surface area contributed by atoms with Crippen LogP contribution in [0.4, 0.5) is 4.39 Å². The van der Waals surface area contributed by atoms with E-state index < -0.39 is 0 Å². The molecule has 0 radical (unpaired) electrons. The monoisotopic (exact) mass is 321 g/mol. The summed E-state index contributed by atoms with van der Waals surface area (Å²) in [7, 11) is 1.85. The van der Waals surface area contributed by atoms with Crippen LogP contribution < -0.4 is 5.32 Å². The van der Waals surface area contributed by atoms with Gasteiger partial charge in [-0.2, -0.15) is 0 Å². The predicted octanol–water partition coefficient (Wildman–Crippen LogP) is 4.51. The zero-order chi connectivity index (χ0) is 14.0. The molecule has 2 aromatic rings. The molecule has 0 saturated carbocycles. The first-order valence-corrected chi connectivity index (χ1v) is 7.02. The van der Waals surface area contributed by atoms with Crippen molar-refractivity contribution in [2.45, 2.75) is 19.9 Å². The lowest BCUT2D eigenvalue weighted by molar-refractivity contribution is 0.576. The van der Waals surface area contributed by atoms with Crippen LogP contribution in [0.25, 0.3) is 0 Å². The largest absolute Gasteiger partial charge is 0.309 e. The van der Waals surface area contributed by atoms with Crippen molar-refractivity contribution >= 4 is 15.9 Å². The average molecular weight is 322 g/mol. The van der Waals surface area contributed by atoms with E-state index in [1.807, 2.05) is 19.2 Å². The Morgan fingerprint density at radius 1 is 1.11 bits per heavy atom. The van der Waals surface area contributed by atoms with Crippen molar-refractivity contribution in [2.75, 3.05) is 7.05 Å². The number of hydrogen-bond donors (Lipinski definition) is 1. The minimum atomic E-state index is -0.180. The van der Waals surface area contributed by atoms with E-state index in [2.05, 4.69) is 47.2 Å². The lowest BCUT2D eigenvalue weighted by Crippen LogP contribution is -2.19. The Bertz CT molecular complexity index is 572. The Balaban J connectivity index is 2.52. The van der Waals surface area contributed by atoms with Crippen molar-refractivity contribution in [3.8, 4) is 0 Å². The van der Waals surface area contributed by atoms with E-state index in [1.54, 1.807) is 6.07 Å². The second-order valence-corrected chi connectivity index (χ2v) is 5.50. The van der Waals surface area contributed by atoms with Gasteiger partial charge in [0.15, 0.2) is 0 Å². The molecule has 0 fully saturated rings. The molecular formula is C16H17BrFN. The van der Waals surface area contributed by atoms with E-state index in [1.165, 1.54) is 6.07 Å². The molecular weight excluding hydrogens is 305 g/mol. The van der Waals surface area contributed by atoms with Crippen molar-refractivity contribution in [2.24, 2.45) is 0 Å². The Labute approximate surface area is 122 Å². The molecule has 0 aliphatic rings. The van der Waals surface area contributed by atoms with Crippen molar-refractivity contribution in [3.63, 3.8) is 0 Å². The van der Waals surface area contributed by atoms with Gasteiger partial charge in [0, 0.05) is 10.0 Å². The maximum Gasteiger partial charge on any atom is 0.128 e. The van der Waals surface area contributed by atoms with E-state index >= 15 is 0 Å². The summed E-state index contributed by atoms with van der Waals surface area (Å²) in [4.78, 5) is 0. The van der Waals surface area contributed by atoms with Gasteiger partial charge < -0.3 is 5.32 Å². The molecule has 0 saturated heterocycles. The summed E-state index contributed by atoms with van der Waals surface area (Å²) in [5.41, 5.74) is 4.06. The molecule has 100 valence electrons. The number of nitrogens with one attached hydrogen (secondary N) is 1. The molecule has 0 amide bonds.